The smallest absolute Gasteiger partial charge is 0.284 e. The number of nitrogens with zero attached hydrogens (tertiary/aromatic N) is 1. The van der Waals surface area contributed by atoms with Crippen molar-refractivity contribution in [2.24, 2.45) is 0 Å². The molecular weight excluding hydrogens is 379 g/mol. The van der Waals surface area contributed by atoms with Crippen molar-refractivity contribution in [3.8, 4) is 5.75 Å². The average molecular weight is 413 g/mol. The maximum Gasteiger partial charge on any atom is 0.284 e. The highest BCUT2D eigenvalue weighted by atomic mass is 19.1. The predicted octanol–water partition coefficient (Wildman–Crippen LogP) is 5.70. The quantitative estimate of drug-likeness (QED) is 0.509. The maximum absolute atomic E-state index is 14.3. The zero-order chi connectivity index (χ0) is 22.1. The Morgan fingerprint density at radius 2 is 1.77 bits per heavy atom. The summed E-state index contributed by atoms with van der Waals surface area (Å²) in [6, 6.07) is 15.3. The van der Waals surface area contributed by atoms with Crippen molar-refractivity contribution in [2.75, 3.05) is 19.0 Å². The number of carbonyl (C=O) groups is 1. The lowest BCUT2D eigenvalue weighted by Crippen LogP contribution is -2.37. The first-order chi connectivity index (χ1) is 14.3. The molecule has 0 saturated carbocycles. The number of carbonyl (C=O) groups excluding carboxylic acids is 1. The number of anilines is 1. The fraction of sp³-hybridized carbons (Fsp3) is 0.400. The van der Waals surface area contributed by atoms with E-state index in [9.17, 15) is 9.18 Å². The van der Waals surface area contributed by atoms with E-state index in [1.165, 1.54) is 6.08 Å². The molecule has 1 N–H and O–H groups in total. The van der Waals surface area contributed by atoms with Gasteiger partial charge in [0, 0.05) is 17.8 Å². The summed E-state index contributed by atoms with van der Waals surface area (Å²) in [5.41, 5.74) is 2.19. The third-order valence-corrected chi connectivity index (χ3v) is 5.04. The number of hydrogen-bond acceptors (Lipinski definition) is 3. The van der Waals surface area contributed by atoms with E-state index in [0.717, 1.165) is 30.7 Å². The molecule has 0 heterocycles. The molecule has 0 saturated heterocycles. The van der Waals surface area contributed by atoms with Gasteiger partial charge in [0.1, 0.15) is 5.75 Å². The highest BCUT2D eigenvalue weighted by molar-refractivity contribution is 6.05. The molecule has 2 aromatic rings. The Bertz CT molecular complexity index is 839. The predicted molar refractivity (Wildman–Crippen MR) is 122 cm³/mol. The number of ether oxygens (including phenoxy) is 1. The highest BCUT2D eigenvalue weighted by Gasteiger charge is 2.14. The molecule has 30 heavy (non-hydrogen) atoms. The van der Waals surface area contributed by atoms with Gasteiger partial charge in [-0.2, -0.15) is 0 Å². The number of aryl methyl sites for hydroxylation is 1. The Morgan fingerprint density at radius 3 is 2.37 bits per heavy atom. The topological polar surface area (TPSA) is 41.6 Å². The van der Waals surface area contributed by atoms with Gasteiger partial charge in [-0.05, 0) is 82.5 Å². The molecule has 4 nitrogen and oxygen atoms in total. The largest absolute Gasteiger partial charge is 0.496 e. The standard InChI is InChI=1S/C25H33FN2O2/c1-18(2)28(19(3)4)15-9-12-21-17-22(13-14-24(21)30-5)27-25(29)23(26)16-20-10-7-6-8-11-20/h6-8,10-11,13-14,16-19H,9,12,15H2,1-5H3,(H,27,29). The number of amides is 1. The lowest BCUT2D eigenvalue weighted by atomic mass is 10.1. The SMILES string of the molecule is COc1ccc(NC(=O)C(F)=Cc2ccccc2)cc1CCCN(C(C)C)C(C)C. The van der Waals surface area contributed by atoms with Crippen LogP contribution in [-0.4, -0.2) is 36.5 Å². The van der Waals surface area contributed by atoms with Crippen LogP contribution in [0, 0.1) is 0 Å². The van der Waals surface area contributed by atoms with Gasteiger partial charge in [0.25, 0.3) is 5.91 Å². The molecule has 0 aliphatic rings. The molecule has 0 atom stereocenters. The molecule has 0 aromatic heterocycles. The average Bonchev–Trinajstić information content (AvgIpc) is 2.71. The van der Waals surface area contributed by atoms with Crippen molar-refractivity contribution in [2.45, 2.75) is 52.6 Å². The van der Waals surface area contributed by atoms with Crippen molar-refractivity contribution in [1.29, 1.82) is 0 Å². The summed E-state index contributed by atoms with van der Waals surface area (Å²) in [5.74, 6) is -0.822. The van der Waals surface area contributed by atoms with Gasteiger partial charge >= 0.3 is 0 Å². The minimum Gasteiger partial charge on any atom is -0.496 e. The number of nitrogens with one attached hydrogen (secondary N) is 1. The second-order valence-electron chi connectivity index (χ2n) is 7.91. The molecular formula is C25H33FN2O2. The molecule has 5 heteroatoms. The van der Waals surface area contributed by atoms with E-state index in [1.807, 2.05) is 18.2 Å². The second kappa shape index (κ2) is 11.5. The number of halogens is 1. The summed E-state index contributed by atoms with van der Waals surface area (Å²) < 4.78 is 19.7. The van der Waals surface area contributed by atoms with Crippen LogP contribution >= 0.6 is 0 Å². The minimum absolute atomic E-state index is 0.483. The van der Waals surface area contributed by atoms with E-state index in [4.69, 9.17) is 4.74 Å². The van der Waals surface area contributed by atoms with Crippen LogP contribution < -0.4 is 10.1 Å². The van der Waals surface area contributed by atoms with Crippen LogP contribution in [0.5, 0.6) is 5.75 Å². The van der Waals surface area contributed by atoms with Gasteiger partial charge in [-0.1, -0.05) is 30.3 Å². The Hall–Kier alpha value is -2.66. The fourth-order valence-corrected chi connectivity index (χ4v) is 3.57. The Balaban J connectivity index is 2.06. The monoisotopic (exact) mass is 412 g/mol. The summed E-state index contributed by atoms with van der Waals surface area (Å²) in [7, 11) is 1.63. The zero-order valence-electron chi connectivity index (χ0n) is 18.6. The third-order valence-electron chi connectivity index (χ3n) is 5.04. The lowest BCUT2D eigenvalue weighted by Gasteiger charge is -2.30. The van der Waals surface area contributed by atoms with Gasteiger partial charge in [0.05, 0.1) is 7.11 Å². The van der Waals surface area contributed by atoms with E-state index in [2.05, 4.69) is 37.9 Å². The van der Waals surface area contributed by atoms with Gasteiger partial charge in [0.2, 0.25) is 0 Å². The van der Waals surface area contributed by atoms with Crippen LogP contribution in [-0.2, 0) is 11.2 Å². The van der Waals surface area contributed by atoms with E-state index >= 15 is 0 Å². The van der Waals surface area contributed by atoms with E-state index in [0.29, 0.717) is 23.3 Å². The fourth-order valence-electron chi connectivity index (χ4n) is 3.57. The van der Waals surface area contributed by atoms with Crippen LogP contribution in [0.1, 0.15) is 45.2 Å². The normalized spacial score (nSPS) is 12.0. The van der Waals surface area contributed by atoms with E-state index < -0.39 is 11.7 Å². The van der Waals surface area contributed by atoms with Crippen LogP contribution in [0.3, 0.4) is 0 Å². The van der Waals surface area contributed by atoms with E-state index in [1.54, 1.807) is 37.4 Å². The third kappa shape index (κ3) is 6.99. The van der Waals surface area contributed by atoms with Crippen molar-refractivity contribution in [1.82, 2.24) is 4.90 Å². The van der Waals surface area contributed by atoms with Crippen LogP contribution in [0.2, 0.25) is 0 Å². The first-order valence-electron chi connectivity index (χ1n) is 10.5. The van der Waals surface area contributed by atoms with Crippen molar-refractivity contribution in [3.05, 3.63) is 65.5 Å². The maximum atomic E-state index is 14.3. The molecule has 0 bridgehead atoms. The summed E-state index contributed by atoms with van der Waals surface area (Å²) in [6.07, 6.45) is 3.00. The number of hydrogen-bond donors (Lipinski definition) is 1. The molecule has 162 valence electrons. The summed E-state index contributed by atoms with van der Waals surface area (Å²) in [4.78, 5) is 14.7. The molecule has 1 amide bonds. The molecule has 0 spiro atoms. The second-order valence-corrected chi connectivity index (χ2v) is 7.91. The van der Waals surface area contributed by atoms with Crippen molar-refractivity contribution < 1.29 is 13.9 Å². The first-order valence-corrected chi connectivity index (χ1v) is 10.5. The molecule has 2 aromatic carbocycles. The summed E-state index contributed by atoms with van der Waals surface area (Å²) in [5, 5.41) is 2.64. The first kappa shape index (κ1) is 23.6. The molecule has 0 radical (unpaired) electrons. The Kier molecular flexibility index (Phi) is 9.06. The molecule has 0 aliphatic carbocycles. The Labute approximate surface area is 179 Å². The lowest BCUT2D eigenvalue weighted by molar-refractivity contribution is -0.114. The molecule has 0 unspecified atom stereocenters. The molecule has 0 aliphatic heterocycles. The number of methoxy groups -OCH3 is 1. The van der Waals surface area contributed by atoms with Crippen LogP contribution in [0.25, 0.3) is 6.08 Å². The Morgan fingerprint density at radius 1 is 1.10 bits per heavy atom. The van der Waals surface area contributed by atoms with Crippen molar-refractivity contribution >= 4 is 17.7 Å². The van der Waals surface area contributed by atoms with Gasteiger partial charge in [-0.15, -0.1) is 0 Å². The van der Waals surface area contributed by atoms with Gasteiger partial charge in [-0.25, -0.2) is 4.39 Å². The van der Waals surface area contributed by atoms with Gasteiger partial charge < -0.3 is 10.1 Å². The van der Waals surface area contributed by atoms with E-state index in [-0.39, 0.29) is 0 Å². The zero-order valence-corrected chi connectivity index (χ0v) is 18.6. The van der Waals surface area contributed by atoms with Crippen LogP contribution in [0.15, 0.2) is 54.4 Å². The molecule has 2 rings (SSSR count). The number of benzene rings is 2. The van der Waals surface area contributed by atoms with Gasteiger partial charge in [0.15, 0.2) is 5.83 Å². The number of rotatable bonds is 10. The minimum atomic E-state index is -0.830. The van der Waals surface area contributed by atoms with Crippen molar-refractivity contribution in [3.63, 3.8) is 0 Å². The molecule has 0 fully saturated rings. The van der Waals surface area contributed by atoms with Gasteiger partial charge in [-0.3, -0.25) is 9.69 Å². The van der Waals surface area contributed by atoms with Crippen LogP contribution in [0.4, 0.5) is 10.1 Å². The highest BCUT2D eigenvalue weighted by Crippen LogP contribution is 2.25. The summed E-state index contributed by atoms with van der Waals surface area (Å²) in [6.45, 7) is 9.79. The summed E-state index contributed by atoms with van der Waals surface area (Å²) >= 11 is 0.